The van der Waals surface area contributed by atoms with Crippen molar-refractivity contribution in [1.82, 2.24) is 10.2 Å². The van der Waals surface area contributed by atoms with Crippen LogP contribution < -0.4 is 5.32 Å². The van der Waals surface area contributed by atoms with Crippen LogP contribution in [0.5, 0.6) is 0 Å². The molecule has 3 nitrogen and oxygen atoms in total. The second-order valence-electron chi connectivity index (χ2n) is 5.38. The lowest BCUT2D eigenvalue weighted by Crippen LogP contribution is -2.48. The number of hydrogen-bond acceptors (Lipinski definition) is 3. The van der Waals surface area contributed by atoms with Gasteiger partial charge < -0.3 is 15.0 Å². The van der Waals surface area contributed by atoms with Gasteiger partial charge >= 0.3 is 0 Å². The molecule has 3 heteroatoms. The zero-order valence-corrected chi connectivity index (χ0v) is 9.38. The highest BCUT2D eigenvalue weighted by Gasteiger charge is 2.30. The summed E-state index contributed by atoms with van der Waals surface area (Å²) in [5, 5.41) is 3.51. The molecule has 2 heterocycles. The third-order valence-corrected chi connectivity index (χ3v) is 3.23. The predicted octanol–water partition coefficient (Wildman–Crippen LogP) is 0.707. The molecule has 0 radical (unpaired) electrons. The quantitative estimate of drug-likeness (QED) is 0.707. The van der Waals surface area contributed by atoms with Gasteiger partial charge in [-0.25, -0.2) is 0 Å². The Kier molecular flexibility index (Phi) is 3.10. The van der Waals surface area contributed by atoms with Crippen molar-refractivity contribution in [3.8, 4) is 0 Å². The molecule has 1 unspecified atom stereocenters. The molecule has 1 atom stereocenters. The molecule has 2 saturated heterocycles. The first-order valence-electron chi connectivity index (χ1n) is 5.69. The molecule has 0 aromatic rings. The summed E-state index contributed by atoms with van der Waals surface area (Å²) in [6, 6.07) is 0.553. The molecule has 0 saturated carbocycles. The SMILES string of the molecule is CC1(C)CCN(CC2COCCN2)C1. The first kappa shape index (κ1) is 10.4. The normalized spacial score (nSPS) is 33.4. The van der Waals surface area contributed by atoms with E-state index in [1.165, 1.54) is 19.5 Å². The van der Waals surface area contributed by atoms with Gasteiger partial charge in [0.05, 0.1) is 13.2 Å². The van der Waals surface area contributed by atoms with Gasteiger partial charge in [-0.1, -0.05) is 13.8 Å². The van der Waals surface area contributed by atoms with Crippen molar-refractivity contribution >= 4 is 0 Å². The minimum atomic E-state index is 0.523. The molecule has 2 aliphatic rings. The van der Waals surface area contributed by atoms with Gasteiger partial charge in [-0.15, -0.1) is 0 Å². The van der Waals surface area contributed by atoms with Crippen molar-refractivity contribution in [2.24, 2.45) is 5.41 Å². The van der Waals surface area contributed by atoms with Gasteiger partial charge in [0.2, 0.25) is 0 Å². The van der Waals surface area contributed by atoms with Crippen molar-refractivity contribution in [3.63, 3.8) is 0 Å². The lowest BCUT2D eigenvalue weighted by atomic mass is 9.93. The Hall–Kier alpha value is -0.120. The van der Waals surface area contributed by atoms with E-state index in [9.17, 15) is 0 Å². The summed E-state index contributed by atoms with van der Waals surface area (Å²) in [4.78, 5) is 2.56. The smallest absolute Gasteiger partial charge is 0.0632 e. The molecule has 2 rings (SSSR count). The highest BCUT2D eigenvalue weighted by Crippen LogP contribution is 2.28. The van der Waals surface area contributed by atoms with Crippen molar-refractivity contribution in [1.29, 1.82) is 0 Å². The summed E-state index contributed by atoms with van der Waals surface area (Å²) in [5.41, 5.74) is 0.523. The Morgan fingerprint density at radius 1 is 1.50 bits per heavy atom. The van der Waals surface area contributed by atoms with Gasteiger partial charge in [0.15, 0.2) is 0 Å². The van der Waals surface area contributed by atoms with E-state index < -0.39 is 0 Å². The molecule has 0 aromatic heterocycles. The summed E-state index contributed by atoms with van der Waals surface area (Å²) in [6.45, 7) is 11.1. The fraction of sp³-hybridized carbons (Fsp3) is 1.00. The lowest BCUT2D eigenvalue weighted by molar-refractivity contribution is 0.0639. The molecule has 0 bridgehead atoms. The first-order chi connectivity index (χ1) is 6.66. The summed E-state index contributed by atoms with van der Waals surface area (Å²) in [5.74, 6) is 0. The van der Waals surface area contributed by atoms with Gasteiger partial charge in [0.25, 0.3) is 0 Å². The van der Waals surface area contributed by atoms with E-state index in [0.717, 1.165) is 26.3 Å². The number of ether oxygens (including phenoxy) is 1. The number of nitrogens with one attached hydrogen (secondary N) is 1. The van der Waals surface area contributed by atoms with Crippen LogP contribution in [-0.4, -0.2) is 50.3 Å². The molecule has 0 amide bonds. The third-order valence-electron chi connectivity index (χ3n) is 3.23. The number of likely N-dealkylation sites (tertiary alicyclic amines) is 1. The fourth-order valence-corrected chi connectivity index (χ4v) is 2.43. The number of rotatable bonds is 2. The lowest BCUT2D eigenvalue weighted by Gasteiger charge is -2.28. The van der Waals surface area contributed by atoms with Gasteiger partial charge in [-0.3, -0.25) is 0 Å². The van der Waals surface area contributed by atoms with E-state index in [0.29, 0.717) is 11.5 Å². The first-order valence-corrected chi connectivity index (χ1v) is 5.69. The highest BCUT2D eigenvalue weighted by atomic mass is 16.5. The second kappa shape index (κ2) is 4.17. The zero-order valence-electron chi connectivity index (χ0n) is 9.38. The van der Waals surface area contributed by atoms with E-state index >= 15 is 0 Å². The Labute approximate surface area is 86.8 Å². The Bertz CT molecular complexity index is 188. The Balaban J connectivity index is 1.75. The van der Waals surface area contributed by atoms with Crippen LogP contribution in [0.25, 0.3) is 0 Å². The van der Waals surface area contributed by atoms with Gasteiger partial charge in [0.1, 0.15) is 0 Å². The maximum atomic E-state index is 5.46. The zero-order chi connectivity index (χ0) is 10.0. The van der Waals surface area contributed by atoms with Crippen LogP contribution in [-0.2, 0) is 4.74 Å². The van der Waals surface area contributed by atoms with E-state index in [2.05, 4.69) is 24.1 Å². The van der Waals surface area contributed by atoms with Crippen LogP contribution in [0.3, 0.4) is 0 Å². The molecule has 0 aromatic carbocycles. The number of morpholine rings is 1. The van der Waals surface area contributed by atoms with E-state index in [4.69, 9.17) is 4.74 Å². The predicted molar refractivity (Wildman–Crippen MR) is 57.4 cm³/mol. The molecular weight excluding hydrogens is 176 g/mol. The van der Waals surface area contributed by atoms with Gasteiger partial charge in [-0.2, -0.15) is 0 Å². The maximum absolute atomic E-state index is 5.46. The number of hydrogen-bond donors (Lipinski definition) is 1. The molecule has 82 valence electrons. The van der Waals surface area contributed by atoms with Crippen molar-refractivity contribution < 1.29 is 4.74 Å². The van der Waals surface area contributed by atoms with Gasteiger partial charge in [0, 0.05) is 25.7 Å². The van der Waals surface area contributed by atoms with Crippen LogP contribution in [0.1, 0.15) is 20.3 Å². The van der Waals surface area contributed by atoms with Crippen molar-refractivity contribution in [2.75, 3.05) is 39.4 Å². The summed E-state index contributed by atoms with van der Waals surface area (Å²) in [6.07, 6.45) is 1.33. The Morgan fingerprint density at radius 3 is 2.93 bits per heavy atom. The molecule has 1 N–H and O–H groups in total. The van der Waals surface area contributed by atoms with Crippen LogP contribution in [0.15, 0.2) is 0 Å². The topological polar surface area (TPSA) is 24.5 Å². The fourth-order valence-electron chi connectivity index (χ4n) is 2.43. The molecule has 2 aliphatic heterocycles. The molecule has 14 heavy (non-hydrogen) atoms. The van der Waals surface area contributed by atoms with E-state index in [1.54, 1.807) is 0 Å². The molecule has 0 aliphatic carbocycles. The molecule has 2 fully saturated rings. The van der Waals surface area contributed by atoms with Crippen molar-refractivity contribution in [2.45, 2.75) is 26.3 Å². The van der Waals surface area contributed by atoms with Crippen molar-refractivity contribution in [3.05, 3.63) is 0 Å². The summed E-state index contributed by atoms with van der Waals surface area (Å²) < 4.78 is 5.46. The highest BCUT2D eigenvalue weighted by molar-refractivity contribution is 4.85. The number of nitrogens with zero attached hydrogens (tertiary/aromatic N) is 1. The standard InChI is InChI=1S/C11H22N2O/c1-11(2)3-5-13(9-11)7-10-8-14-6-4-12-10/h10,12H,3-9H2,1-2H3. The molecule has 0 spiro atoms. The van der Waals surface area contributed by atoms with E-state index in [-0.39, 0.29) is 0 Å². The summed E-state index contributed by atoms with van der Waals surface area (Å²) >= 11 is 0. The van der Waals surface area contributed by atoms with Gasteiger partial charge in [-0.05, 0) is 18.4 Å². The second-order valence-corrected chi connectivity index (χ2v) is 5.38. The maximum Gasteiger partial charge on any atom is 0.0632 e. The largest absolute Gasteiger partial charge is 0.378 e. The monoisotopic (exact) mass is 198 g/mol. The minimum absolute atomic E-state index is 0.523. The summed E-state index contributed by atoms with van der Waals surface area (Å²) in [7, 11) is 0. The average molecular weight is 198 g/mol. The Morgan fingerprint density at radius 2 is 2.36 bits per heavy atom. The minimum Gasteiger partial charge on any atom is -0.378 e. The van der Waals surface area contributed by atoms with Crippen LogP contribution in [0.4, 0.5) is 0 Å². The van der Waals surface area contributed by atoms with Crippen LogP contribution >= 0.6 is 0 Å². The van der Waals surface area contributed by atoms with E-state index in [1.807, 2.05) is 0 Å². The van der Waals surface area contributed by atoms with Crippen LogP contribution in [0, 0.1) is 5.41 Å². The van der Waals surface area contributed by atoms with Crippen LogP contribution in [0.2, 0.25) is 0 Å². The molecular formula is C11H22N2O. The third kappa shape index (κ3) is 2.69. The average Bonchev–Trinajstić information content (AvgIpc) is 2.47.